The quantitative estimate of drug-likeness (QED) is 0.881. The van der Waals surface area contributed by atoms with Gasteiger partial charge in [0.1, 0.15) is 5.56 Å². The van der Waals surface area contributed by atoms with Crippen molar-refractivity contribution in [1.29, 1.82) is 0 Å². The third-order valence-electron chi connectivity index (χ3n) is 3.80. The van der Waals surface area contributed by atoms with Gasteiger partial charge in [-0.05, 0) is 37.2 Å². The van der Waals surface area contributed by atoms with E-state index in [9.17, 15) is 9.18 Å². The van der Waals surface area contributed by atoms with Crippen LogP contribution in [-0.4, -0.2) is 22.1 Å². The van der Waals surface area contributed by atoms with Gasteiger partial charge in [0.05, 0.1) is 0 Å². The normalized spacial score (nSPS) is 19.1. The third kappa shape index (κ3) is 3.22. The van der Waals surface area contributed by atoms with E-state index in [0.29, 0.717) is 5.41 Å². The van der Waals surface area contributed by atoms with E-state index in [1.165, 1.54) is 12.3 Å². The molecule has 2 rings (SSSR count). The lowest BCUT2D eigenvalue weighted by Gasteiger charge is -2.34. The van der Waals surface area contributed by atoms with Gasteiger partial charge < -0.3 is 10.4 Å². The van der Waals surface area contributed by atoms with E-state index in [1.54, 1.807) is 0 Å². The molecule has 0 radical (unpaired) electrons. The van der Waals surface area contributed by atoms with Gasteiger partial charge in [-0.15, -0.1) is 0 Å². The highest BCUT2D eigenvalue weighted by atomic mass is 19.1. The number of pyridine rings is 1. The molecule has 19 heavy (non-hydrogen) atoms. The van der Waals surface area contributed by atoms with Crippen LogP contribution in [0.4, 0.5) is 10.2 Å². The number of hydrogen-bond donors (Lipinski definition) is 2. The van der Waals surface area contributed by atoms with Crippen LogP contribution in [0.3, 0.4) is 0 Å². The van der Waals surface area contributed by atoms with Crippen molar-refractivity contribution in [3.8, 4) is 0 Å². The van der Waals surface area contributed by atoms with Crippen LogP contribution in [0.1, 0.15) is 49.9 Å². The molecule has 1 aromatic rings. The summed E-state index contributed by atoms with van der Waals surface area (Å²) in [5.74, 6) is -2.00. The Morgan fingerprint density at radius 3 is 2.68 bits per heavy atom. The largest absolute Gasteiger partial charge is 0.478 e. The maximum Gasteiger partial charge on any atom is 0.338 e. The highest BCUT2D eigenvalue weighted by molar-refractivity contribution is 5.88. The second kappa shape index (κ2) is 5.15. The molecule has 1 aliphatic rings. The first-order chi connectivity index (χ1) is 8.89. The number of halogens is 1. The molecule has 0 spiro atoms. The van der Waals surface area contributed by atoms with Crippen molar-refractivity contribution in [2.24, 2.45) is 5.41 Å². The number of rotatable bonds is 3. The van der Waals surface area contributed by atoms with Crippen LogP contribution in [0.25, 0.3) is 0 Å². The Kier molecular flexibility index (Phi) is 3.73. The van der Waals surface area contributed by atoms with E-state index in [-0.39, 0.29) is 17.4 Å². The average molecular weight is 266 g/mol. The van der Waals surface area contributed by atoms with Crippen molar-refractivity contribution in [3.63, 3.8) is 0 Å². The minimum absolute atomic E-state index is 0.0459. The summed E-state index contributed by atoms with van der Waals surface area (Å²) in [6.45, 7) is 4.46. The molecule has 0 aromatic carbocycles. The molecule has 0 saturated heterocycles. The molecule has 1 fully saturated rings. The van der Waals surface area contributed by atoms with Gasteiger partial charge in [0.15, 0.2) is 11.6 Å². The summed E-state index contributed by atoms with van der Waals surface area (Å²) in [5.41, 5.74) is 0.00112. The number of aromatic carboxylic acids is 1. The summed E-state index contributed by atoms with van der Waals surface area (Å²) in [6, 6.07) is 1.34. The molecule has 1 aliphatic carbocycles. The van der Waals surface area contributed by atoms with E-state index in [1.807, 2.05) is 0 Å². The predicted molar refractivity (Wildman–Crippen MR) is 70.8 cm³/mol. The molecule has 1 saturated carbocycles. The predicted octanol–water partition coefficient (Wildman–Crippen LogP) is 3.30. The fourth-order valence-corrected chi connectivity index (χ4v) is 2.45. The van der Waals surface area contributed by atoms with Gasteiger partial charge in [0.2, 0.25) is 0 Å². The number of carboxylic acids is 1. The minimum Gasteiger partial charge on any atom is -0.478 e. The second-order valence-electron chi connectivity index (χ2n) is 5.91. The first kappa shape index (κ1) is 13.8. The standard InChI is InChI=1S/C14H19FN2O2/c1-14(2)6-3-9(4-7-14)17-12-11(15)10(13(18)19)5-8-16-12/h5,8-9H,3-4,6-7H2,1-2H3,(H,16,17)(H,18,19). The first-order valence-corrected chi connectivity index (χ1v) is 6.53. The molecule has 5 heteroatoms. The summed E-state index contributed by atoms with van der Waals surface area (Å²) in [6.07, 6.45) is 5.37. The average Bonchev–Trinajstić information content (AvgIpc) is 2.34. The lowest BCUT2D eigenvalue weighted by atomic mass is 9.75. The molecular weight excluding hydrogens is 247 g/mol. The van der Waals surface area contributed by atoms with Crippen LogP contribution in [-0.2, 0) is 0 Å². The number of nitrogens with zero attached hydrogens (tertiary/aromatic N) is 1. The highest BCUT2D eigenvalue weighted by Crippen LogP contribution is 2.36. The summed E-state index contributed by atoms with van der Waals surface area (Å²) >= 11 is 0. The Labute approximate surface area is 112 Å². The zero-order valence-electron chi connectivity index (χ0n) is 11.2. The summed E-state index contributed by atoms with van der Waals surface area (Å²) in [7, 11) is 0. The molecule has 0 atom stereocenters. The monoisotopic (exact) mass is 266 g/mol. The summed E-state index contributed by atoms with van der Waals surface area (Å²) < 4.78 is 13.9. The highest BCUT2D eigenvalue weighted by Gasteiger charge is 2.27. The Hall–Kier alpha value is -1.65. The summed E-state index contributed by atoms with van der Waals surface area (Å²) in [4.78, 5) is 14.8. The number of aromatic nitrogens is 1. The maximum atomic E-state index is 13.9. The van der Waals surface area contributed by atoms with E-state index < -0.39 is 11.8 Å². The number of carboxylic acid groups (broad SMARTS) is 1. The number of hydrogen-bond acceptors (Lipinski definition) is 3. The van der Waals surface area contributed by atoms with Crippen LogP contribution in [0.2, 0.25) is 0 Å². The van der Waals surface area contributed by atoms with Crippen LogP contribution in [0.5, 0.6) is 0 Å². The number of nitrogens with one attached hydrogen (secondary N) is 1. The lowest BCUT2D eigenvalue weighted by molar-refractivity contribution is 0.0692. The molecule has 1 aromatic heterocycles. The Morgan fingerprint density at radius 2 is 2.11 bits per heavy atom. The van der Waals surface area contributed by atoms with Crippen molar-refractivity contribution in [2.45, 2.75) is 45.6 Å². The zero-order chi connectivity index (χ0) is 14.0. The molecule has 104 valence electrons. The van der Waals surface area contributed by atoms with Gasteiger partial charge in [0.25, 0.3) is 0 Å². The number of carbonyl (C=O) groups is 1. The van der Waals surface area contributed by atoms with Gasteiger partial charge in [-0.1, -0.05) is 13.8 Å². The van der Waals surface area contributed by atoms with Crippen LogP contribution in [0, 0.1) is 11.2 Å². The SMILES string of the molecule is CC1(C)CCC(Nc2nccc(C(=O)O)c2F)CC1. The van der Waals surface area contributed by atoms with Crippen molar-refractivity contribution in [3.05, 3.63) is 23.6 Å². The van der Waals surface area contributed by atoms with Crippen molar-refractivity contribution in [2.75, 3.05) is 5.32 Å². The van der Waals surface area contributed by atoms with E-state index in [0.717, 1.165) is 25.7 Å². The molecule has 0 bridgehead atoms. The van der Waals surface area contributed by atoms with E-state index in [2.05, 4.69) is 24.1 Å². The lowest BCUT2D eigenvalue weighted by Crippen LogP contribution is -2.30. The summed E-state index contributed by atoms with van der Waals surface area (Å²) in [5, 5.41) is 11.9. The van der Waals surface area contributed by atoms with Gasteiger partial charge >= 0.3 is 5.97 Å². The van der Waals surface area contributed by atoms with E-state index in [4.69, 9.17) is 5.11 Å². The van der Waals surface area contributed by atoms with E-state index >= 15 is 0 Å². The molecular formula is C14H19FN2O2. The smallest absolute Gasteiger partial charge is 0.338 e. The van der Waals surface area contributed by atoms with Gasteiger partial charge in [-0.2, -0.15) is 0 Å². The van der Waals surface area contributed by atoms with Crippen LogP contribution < -0.4 is 5.32 Å². The van der Waals surface area contributed by atoms with Crippen molar-refractivity contribution < 1.29 is 14.3 Å². The third-order valence-corrected chi connectivity index (χ3v) is 3.80. The molecule has 0 unspecified atom stereocenters. The Bertz CT molecular complexity index is 478. The minimum atomic E-state index is -1.27. The Balaban J connectivity index is 2.08. The fraction of sp³-hybridized carbons (Fsp3) is 0.571. The zero-order valence-corrected chi connectivity index (χ0v) is 11.2. The maximum absolute atomic E-state index is 13.9. The first-order valence-electron chi connectivity index (χ1n) is 6.53. The molecule has 4 nitrogen and oxygen atoms in total. The van der Waals surface area contributed by atoms with Crippen molar-refractivity contribution >= 4 is 11.8 Å². The molecule has 0 amide bonds. The topological polar surface area (TPSA) is 62.2 Å². The van der Waals surface area contributed by atoms with Gasteiger partial charge in [-0.3, -0.25) is 0 Å². The van der Waals surface area contributed by atoms with Crippen LogP contribution >= 0.6 is 0 Å². The Morgan fingerprint density at radius 1 is 1.47 bits per heavy atom. The molecule has 0 aliphatic heterocycles. The molecule has 1 heterocycles. The number of anilines is 1. The van der Waals surface area contributed by atoms with Crippen LogP contribution in [0.15, 0.2) is 12.3 Å². The van der Waals surface area contributed by atoms with Gasteiger partial charge in [0, 0.05) is 12.2 Å². The fourth-order valence-electron chi connectivity index (χ4n) is 2.45. The van der Waals surface area contributed by atoms with Crippen molar-refractivity contribution in [1.82, 2.24) is 4.98 Å². The second-order valence-corrected chi connectivity index (χ2v) is 5.91. The molecule has 2 N–H and O–H groups in total. The van der Waals surface area contributed by atoms with Gasteiger partial charge in [-0.25, -0.2) is 14.2 Å².